The van der Waals surface area contributed by atoms with Gasteiger partial charge in [-0.15, -0.1) is 0 Å². The molecule has 0 amide bonds. The van der Waals surface area contributed by atoms with Crippen LogP contribution in [-0.2, 0) is 0 Å². The molecule has 0 atom stereocenters. The zero-order chi connectivity index (χ0) is 22.8. The number of hydrogen-bond donors (Lipinski definition) is 0. The van der Waals surface area contributed by atoms with Gasteiger partial charge >= 0.3 is 0 Å². The van der Waals surface area contributed by atoms with Crippen molar-refractivity contribution in [2.45, 2.75) is 26.7 Å². The molecule has 1 heterocycles. The summed E-state index contributed by atoms with van der Waals surface area (Å²) in [6.45, 7) is 8.83. The Bertz CT molecular complexity index is 1350. The third-order valence-corrected chi connectivity index (χ3v) is 6.54. The second-order valence-electron chi connectivity index (χ2n) is 8.77. The Balaban J connectivity index is 1.65. The minimum atomic E-state index is 1.03. The normalized spacial score (nSPS) is 17.1. The van der Waals surface area contributed by atoms with Crippen LogP contribution in [0.1, 0.15) is 29.5 Å². The zero-order valence-electron chi connectivity index (χ0n) is 19.4. The molecule has 3 aromatic carbocycles. The maximum atomic E-state index is 4.44. The van der Waals surface area contributed by atoms with Crippen LogP contribution in [0, 0.1) is 13.8 Å². The van der Waals surface area contributed by atoms with Gasteiger partial charge in [0.05, 0.1) is 5.69 Å². The van der Waals surface area contributed by atoms with Crippen molar-refractivity contribution in [3.05, 3.63) is 132 Å². The van der Waals surface area contributed by atoms with E-state index in [1.165, 1.54) is 50.3 Å². The standard InChI is InChI=1S/C32H29N/c1-23-12-7-8-16-28(23)29-20-19-26(22-25(29)3)30-17-11-18-31-32(30)24(2)13-9-10-21-33(31)27-14-5-4-6-15-27/h4-5,7-14,16-22H,2,6,15H2,1,3H3/b13-9-,21-10-. The Labute approximate surface area is 197 Å². The van der Waals surface area contributed by atoms with E-state index < -0.39 is 0 Å². The molecule has 0 radical (unpaired) electrons. The fraction of sp³-hybridized carbons (Fsp3) is 0.125. The molecule has 2 aliphatic rings. The largest absolute Gasteiger partial charge is 0.320 e. The van der Waals surface area contributed by atoms with Gasteiger partial charge in [-0.2, -0.15) is 0 Å². The summed E-state index contributed by atoms with van der Waals surface area (Å²) >= 11 is 0. The number of fused-ring (bicyclic) bond motifs is 1. The molecule has 0 unspecified atom stereocenters. The van der Waals surface area contributed by atoms with Crippen molar-refractivity contribution < 1.29 is 0 Å². The zero-order valence-corrected chi connectivity index (χ0v) is 19.4. The fourth-order valence-corrected chi connectivity index (χ4v) is 4.84. The second kappa shape index (κ2) is 8.96. The van der Waals surface area contributed by atoms with Gasteiger partial charge in [-0.25, -0.2) is 0 Å². The Morgan fingerprint density at radius 2 is 1.61 bits per heavy atom. The minimum Gasteiger partial charge on any atom is -0.320 e. The molecule has 0 N–H and O–H groups in total. The van der Waals surface area contributed by atoms with Crippen molar-refractivity contribution in [1.82, 2.24) is 0 Å². The first-order valence-electron chi connectivity index (χ1n) is 11.6. The maximum Gasteiger partial charge on any atom is 0.0536 e. The molecule has 0 bridgehead atoms. The highest BCUT2D eigenvalue weighted by molar-refractivity contribution is 5.93. The van der Waals surface area contributed by atoms with Crippen LogP contribution >= 0.6 is 0 Å². The highest BCUT2D eigenvalue weighted by Crippen LogP contribution is 2.41. The molecule has 33 heavy (non-hydrogen) atoms. The lowest BCUT2D eigenvalue weighted by molar-refractivity contribution is 0.913. The van der Waals surface area contributed by atoms with Crippen molar-refractivity contribution in [1.29, 1.82) is 0 Å². The van der Waals surface area contributed by atoms with E-state index in [-0.39, 0.29) is 0 Å². The highest BCUT2D eigenvalue weighted by Gasteiger charge is 2.20. The summed E-state index contributed by atoms with van der Waals surface area (Å²) in [5.41, 5.74) is 12.3. The fourth-order valence-electron chi connectivity index (χ4n) is 4.84. The second-order valence-corrected chi connectivity index (χ2v) is 8.77. The number of benzene rings is 3. The van der Waals surface area contributed by atoms with Crippen LogP contribution in [0.5, 0.6) is 0 Å². The van der Waals surface area contributed by atoms with Crippen molar-refractivity contribution >= 4 is 11.3 Å². The Kier molecular flexibility index (Phi) is 5.71. The predicted molar refractivity (Wildman–Crippen MR) is 143 cm³/mol. The Morgan fingerprint density at radius 1 is 0.788 bits per heavy atom. The lowest BCUT2D eigenvalue weighted by Gasteiger charge is -2.29. The summed E-state index contributed by atoms with van der Waals surface area (Å²) in [5, 5.41) is 0. The van der Waals surface area contributed by atoms with E-state index in [0.717, 1.165) is 18.4 Å². The van der Waals surface area contributed by atoms with E-state index in [4.69, 9.17) is 0 Å². The van der Waals surface area contributed by atoms with Crippen molar-refractivity contribution in [2.75, 3.05) is 4.90 Å². The van der Waals surface area contributed by atoms with Crippen LogP contribution in [0.4, 0.5) is 5.69 Å². The monoisotopic (exact) mass is 427 g/mol. The molecule has 162 valence electrons. The van der Waals surface area contributed by atoms with Crippen LogP contribution in [-0.4, -0.2) is 0 Å². The van der Waals surface area contributed by atoms with E-state index in [9.17, 15) is 0 Å². The van der Waals surface area contributed by atoms with Gasteiger partial charge in [0, 0.05) is 17.5 Å². The third-order valence-electron chi connectivity index (χ3n) is 6.54. The first-order chi connectivity index (χ1) is 16.1. The SMILES string of the molecule is C=C1/C=C\C=C/N(C2=CC=CCC2)c2cccc(-c3ccc(-c4ccccc4C)c(C)c3)c21. The van der Waals surface area contributed by atoms with Crippen molar-refractivity contribution in [3.8, 4) is 22.3 Å². The summed E-state index contributed by atoms with van der Waals surface area (Å²) in [6, 6.07) is 22.0. The molecule has 0 fully saturated rings. The van der Waals surface area contributed by atoms with Gasteiger partial charge in [-0.1, -0.05) is 85.5 Å². The number of nitrogens with zero attached hydrogens (tertiary/aromatic N) is 1. The minimum absolute atomic E-state index is 1.03. The lowest BCUT2D eigenvalue weighted by Crippen LogP contribution is -2.18. The van der Waals surface area contributed by atoms with E-state index in [0.29, 0.717) is 0 Å². The average Bonchev–Trinajstić information content (AvgIpc) is 2.83. The van der Waals surface area contributed by atoms with Gasteiger partial charge < -0.3 is 4.90 Å². The molecule has 0 aromatic heterocycles. The molecular weight excluding hydrogens is 398 g/mol. The summed E-state index contributed by atoms with van der Waals surface area (Å²) in [5.74, 6) is 0. The first-order valence-corrected chi connectivity index (χ1v) is 11.6. The maximum absolute atomic E-state index is 4.44. The predicted octanol–water partition coefficient (Wildman–Crippen LogP) is 8.77. The van der Waals surface area contributed by atoms with E-state index in [1.807, 2.05) is 0 Å². The van der Waals surface area contributed by atoms with Crippen LogP contribution < -0.4 is 4.90 Å². The number of hydrogen-bond acceptors (Lipinski definition) is 1. The lowest BCUT2D eigenvalue weighted by atomic mass is 9.89. The van der Waals surface area contributed by atoms with Gasteiger partial charge in [-0.05, 0) is 83.9 Å². The Hall–Kier alpha value is -3.84. The first kappa shape index (κ1) is 21.0. The molecule has 1 aliphatic carbocycles. The molecule has 3 aromatic rings. The molecule has 0 saturated heterocycles. The van der Waals surface area contributed by atoms with Crippen molar-refractivity contribution in [3.63, 3.8) is 0 Å². The molecular formula is C32H29N. The number of aryl methyl sites for hydroxylation is 2. The summed E-state index contributed by atoms with van der Waals surface area (Å²) in [7, 11) is 0. The van der Waals surface area contributed by atoms with Gasteiger partial charge in [0.2, 0.25) is 0 Å². The average molecular weight is 428 g/mol. The molecule has 0 saturated carbocycles. The van der Waals surface area contributed by atoms with Gasteiger partial charge in [0.1, 0.15) is 0 Å². The number of allylic oxidation sites excluding steroid dienone is 8. The van der Waals surface area contributed by atoms with Crippen molar-refractivity contribution in [2.24, 2.45) is 0 Å². The molecule has 1 aliphatic heterocycles. The smallest absolute Gasteiger partial charge is 0.0536 e. The van der Waals surface area contributed by atoms with Gasteiger partial charge in [-0.3, -0.25) is 0 Å². The van der Waals surface area contributed by atoms with Gasteiger partial charge in [0.15, 0.2) is 0 Å². The topological polar surface area (TPSA) is 3.24 Å². The summed E-state index contributed by atoms with van der Waals surface area (Å²) in [4.78, 5) is 2.32. The van der Waals surface area contributed by atoms with Crippen LogP contribution in [0.3, 0.4) is 0 Å². The summed E-state index contributed by atoms with van der Waals surface area (Å²) < 4.78 is 0. The third kappa shape index (κ3) is 4.03. The molecule has 1 heteroatoms. The number of anilines is 1. The van der Waals surface area contributed by atoms with Crippen LogP contribution in [0.15, 0.2) is 116 Å². The van der Waals surface area contributed by atoms with E-state index in [2.05, 4.69) is 129 Å². The molecule has 0 spiro atoms. The molecule has 1 nitrogen and oxygen atoms in total. The van der Waals surface area contributed by atoms with Gasteiger partial charge in [0.25, 0.3) is 0 Å². The van der Waals surface area contributed by atoms with E-state index >= 15 is 0 Å². The highest BCUT2D eigenvalue weighted by atomic mass is 15.1. The van der Waals surface area contributed by atoms with Crippen LogP contribution in [0.25, 0.3) is 27.8 Å². The quantitative estimate of drug-likeness (QED) is 0.404. The number of rotatable bonds is 3. The molecule has 5 rings (SSSR count). The van der Waals surface area contributed by atoms with E-state index in [1.54, 1.807) is 0 Å². The van der Waals surface area contributed by atoms with Crippen LogP contribution in [0.2, 0.25) is 0 Å². The summed E-state index contributed by atoms with van der Waals surface area (Å²) in [6.07, 6.45) is 17.2. The Morgan fingerprint density at radius 3 is 2.39 bits per heavy atom.